The molecular formula is C77H138O17P2. The zero-order chi connectivity index (χ0) is 70.4. The Morgan fingerprint density at radius 3 is 0.865 bits per heavy atom. The van der Waals surface area contributed by atoms with Gasteiger partial charge in [0.25, 0.3) is 0 Å². The van der Waals surface area contributed by atoms with Crippen LogP contribution in [0.4, 0.5) is 0 Å². The summed E-state index contributed by atoms with van der Waals surface area (Å²) in [6.07, 6.45) is 68.8. The molecule has 0 aliphatic carbocycles. The Labute approximate surface area is 583 Å². The molecule has 17 nitrogen and oxygen atoms in total. The number of aliphatic hydroxyl groups excluding tert-OH is 1. The Morgan fingerprint density at radius 1 is 0.302 bits per heavy atom. The summed E-state index contributed by atoms with van der Waals surface area (Å²) in [6.45, 7) is 4.78. The van der Waals surface area contributed by atoms with E-state index in [1.54, 1.807) is 0 Å². The lowest BCUT2D eigenvalue weighted by molar-refractivity contribution is -0.161. The van der Waals surface area contributed by atoms with Gasteiger partial charge < -0.3 is 33.8 Å². The molecule has 0 bridgehead atoms. The SMILES string of the molecule is CCCCC/C=C\C/C=C\CCCCCCCC(=O)O[C@H](COC(=O)CCCCCCC/C=C\CCCCCC)COP(=O)(O)OC[C@@H](O)COP(=O)(O)OC[C@@H](COC(=O)CCCCCCC/C=C\CCCCCC)OC(=O)CCCCCCC/C=C\C=C/CCCCCC. The topological polar surface area (TPSA) is 237 Å². The fourth-order valence-electron chi connectivity index (χ4n) is 10.2. The predicted molar refractivity (Wildman–Crippen MR) is 390 cm³/mol. The van der Waals surface area contributed by atoms with E-state index >= 15 is 0 Å². The van der Waals surface area contributed by atoms with Gasteiger partial charge >= 0.3 is 39.5 Å². The first-order chi connectivity index (χ1) is 46.7. The van der Waals surface area contributed by atoms with Gasteiger partial charge in [-0.05, 0) is 135 Å². The first kappa shape index (κ1) is 92.5. The molecule has 96 heavy (non-hydrogen) atoms. The van der Waals surface area contributed by atoms with E-state index in [0.29, 0.717) is 25.7 Å². The Balaban J connectivity index is 5.36. The van der Waals surface area contributed by atoms with E-state index in [4.69, 9.17) is 37.0 Å². The van der Waals surface area contributed by atoms with Crippen LogP contribution in [0, 0.1) is 0 Å². The van der Waals surface area contributed by atoms with E-state index < -0.39 is 97.5 Å². The van der Waals surface area contributed by atoms with E-state index in [1.165, 1.54) is 96.3 Å². The van der Waals surface area contributed by atoms with E-state index in [2.05, 4.69) is 101 Å². The van der Waals surface area contributed by atoms with E-state index in [0.717, 1.165) is 161 Å². The number of phosphoric acid groups is 2. The molecule has 0 radical (unpaired) electrons. The Hall–Kier alpha value is -3.50. The summed E-state index contributed by atoms with van der Waals surface area (Å²) in [7, 11) is -9.95. The lowest BCUT2D eigenvalue weighted by Gasteiger charge is -2.21. The van der Waals surface area contributed by atoms with Gasteiger partial charge in [-0.1, -0.05) is 248 Å². The highest BCUT2D eigenvalue weighted by Crippen LogP contribution is 2.45. The summed E-state index contributed by atoms with van der Waals surface area (Å²) in [4.78, 5) is 72.8. The number of aliphatic hydroxyl groups is 1. The number of rotatable bonds is 72. The van der Waals surface area contributed by atoms with Crippen molar-refractivity contribution in [1.29, 1.82) is 0 Å². The van der Waals surface area contributed by atoms with Crippen LogP contribution >= 0.6 is 15.6 Å². The van der Waals surface area contributed by atoms with Crippen molar-refractivity contribution >= 4 is 39.5 Å². The third kappa shape index (κ3) is 69.0. The van der Waals surface area contributed by atoms with Gasteiger partial charge in [0, 0.05) is 25.7 Å². The number of phosphoric ester groups is 2. The molecule has 0 aromatic rings. The van der Waals surface area contributed by atoms with Gasteiger partial charge in [0.2, 0.25) is 0 Å². The van der Waals surface area contributed by atoms with Crippen LogP contribution in [0.1, 0.15) is 336 Å². The van der Waals surface area contributed by atoms with Crippen LogP contribution < -0.4 is 0 Å². The highest BCUT2D eigenvalue weighted by atomic mass is 31.2. The minimum atomic E-state index is -4.97. The summed E-state index contributed by atoms with van der Waals surface area (Å²) >= 11 is 0. The third-order valence-electron chi connectivity index (χ3n) is 16.1. The normalized spacial score (nSPS) is 14.4. The minimum absolute atomic E-state index is 0.0779. The molecule has 3 N–H and O–H groups in total. The molecule has 2 unspecified atom stereocenters. The van der Waals surface area contributed by atoms with Gasteiger partial charge in [0.15, 0.2) is 12.2 Å². The molecule has 0 saturated heterocycles. The molecule has 0 heterocycles. The van der Waals surface area contributed by atoms with Gasteiger partial charge in [-0.3, -0.25) is 37.3 Å². The smallest absolute Gasteiger partial charge is 0.462 e. The molecule has 5 atom stereocenters. The quantitative estimate of drug-likeness (QED) is 0.0128. The number of hydrogen-bond donors (Lipinski definition) is 3. The third-order valence-corrected chi connectivity index (χ3v) is 18.0. The Kier molecular flexibility index (Phi) is 67.4. The molecule has 0 fully saturated rings. The number of unbranched alkanes of at least 4 members (excludes halogenated alkanes) is 35. The monoisotopic (exact) mass is 1400 g/mol. The zero-order valence-corrected chi connectivity index (χ0v) is 62.6. The van der Waals surface area contributed by atoms with Crippen LogP contribution in [0.2, 0.25) is 0 Å². The molecule has 19 heteroatoms. The molecule has 0 aliphatic heterocycles. The van der Waals surface area contributed by atoms with Crippen LogP contribution in [0.3, 0.4) is 0 Å². The van der Waals surface area contributed by atoms with Crippen LogP contribution in [0.5, 0.6) is 0 Å². The second-order valence-electron chi connectivity index (χ2n) is 25.6. The zero-order valence-electron chi connectivity index (χ0n) is 60.8. The Morgan fingerprint density at radius 2 is 0.542 bits per heavy atom. The van der Waals surface area contributed by atoms with Crippen molar-refractivity contribution in [2.45, 2.75) is 354 Å². The van der Waals surface area contributed by atoms with Crippen molar-refractivity contribution in [3.8, 4) is 0 Å². The average Bonchev–Trinajstić information content (AvgIpc) is 1.19. The largest absolute Gasteiger partial charge is 0.472 e. The summed E-state index contributed by atoms with van der Waals surface area (Å²) in [6, 6.07) is 0. The predicted octanol–water partition coefficient (Wildman–Crippen LogP) is 21.7. The van der Waals surface area contributed by atoms with Crippen molar-refractivity contribution in [2.24, 2.45) is 0 Å². The van der Waals surface area contributed by atoms with E-state index in [1.807, 2.05) is 0 Å². The maximum absolute atomic E-state index is 13.1. The summed E-state index contributed by atoms with van der Waals surface area (Å²) in [5.41, 5.74) is 0. The second kappa shape index (κ2) is 70.0. The standard InChI is InChI=1S/C77H138O17P2/c1-5-9-13-17-21-25-29-33-35-39-43-47-51-55-59-63-76(81)93-72(67-87-74(79)61-57-53-49-45-41-37-31-27-23-19-15-11-7-3)69-91-95(83,84)89-65-71(78)66-90-96(85,86)92-70-73(68-88-75(80)62-58-54-50-46-42-38-32-28-24-20-16-12-8-4)94-77(82)64-60-56-52-48-44-40-36-34-30-26-22-18-14-10-6-2/h21,25-28,30-36,71-73,78H,5-20,22-24,29,37-70H2,1-4H3,(H,83,84)(H,85,86)/b25-21-,30-26-,31-27-,32-28-,35-33-,36-34-/t71-,72-,73-/m1/s1. The fraction of sp³-hybridized carbons (Fsp3) is 0.792. The highest BCUT2D eigenvalue weighted by Gasteiger charge is 2.30. The van der Waals surface area contributed by atoms with Crippen molar-refractivity contribution in [3.05, 3.63) is 72.9 Å². The second-order valence-corrected chi connectivity index (χ2v) is 28.5. The minimum Gasteiger partial charge on any atom is -0.462 e. The van der Waals surface area contributed by atoms with Crippen molar-refractivity contribution in [1.82, 2.24) is 0 Å². The molecule has 0 spiro atoms. The fourth-order valence-corrected chi connectivity index (χ4v) is 11.8. The van der Waals surface area contributed by atoms with Gasteiger partial charge in [0.05, 0.1) is 26.4 Å². The number of carbonyl (C=O) groups is 4. The summed E-state index contributed by atoms with van der Waals surface area (Å²) < 4.78 is 68.4. The number of ether oxygens (including phenoxy) is 4. The first-order valence-corrected chi connectivity index (χ1v) is 41.2. The van der Waals surface area contributed by atoms with Gasteiger partial charge in [-0.25, -0.2) is 9.13 Å². The lowest BCUT2D eigenvalue weighted by atomic mass is 10.1. The Bertz CT molecular complexity index is 2110. The van der Waals surface area contributed by atoms with Crippen LogP contribution in [-0.4, -0.2) is 96.7 Å². The summed E-state index contributed by atoms with van der Waals surface area (Å²) in [5, 5.41) is 10.6. The van der Waals surface area contributed by atoms with Crippen LogP contribution in [-0.2, 0) is 65.4 Å². The number of carbonyl (C=O) groups excluding carboxylic acids is 4. The van der Waals surface area contributed by atoms with Crippen molar-refractivity contribution in [2.75, 3.05) is 39.6 Å². The number of allylic oxidation sites excluding steroid dienone is 12. The highest BCUT2D eigenvalue weighted by molar-refractivity contribution is 7.47. The maximum Gasteiger partial charge on any atom is 0.472 e. The first-order valence-electron chi connectivity index (χ1n) is 38.2. The van der Waals surface area contributed by atoms with Crippen LogP contribution in [0.25, 0.3) is 0 Å². The average molecular weight is 1400 g/mol. The van der Waals surface area contributed by atoms with Crippen LogP contribution in [0.15, 0.2) is 72.9 Å². The molecule has 0 aromatic heterocycles. The molecule has 0 saturated carbocycles. The van der Waals surface area contributed by atoms with Gasteiger partial charge in [-0.15, -0.1) is 0 Å². The number of hydrogen-bond acceptors (Lipinski definition) is 15. The lowest BCUT2D eigenvalue weighted by Crippen LogP contribution is -2.30. The van der Waals surface area contributed by atoms with E-state index in [-0.39, 0.29) is 25.7 Å². The van der Waals surface area contributed by atoms with Crippen molar-refractivity contribution < 1.29 is 80.2 Å². The van der Waals surface area contributed by atoms with E-state index in [9.17, 15) is 43.2 Å². The molecule has 0 amide bonds. The maximum atomic E-state index is 13.1. The molecule has 0 aliphatic rings. The molecule has 0 aromatic carbocycles. The molecule has 558 valence electrons. The van der Waals surface area contributed by atoms with Gasteiger partial charge in [-0.2, -0.15) is 0 Å². The molecular weight excluding hydrogens is 1260 g/mol. The van der Waals surface area contributed by atoms with Gasteiger partial charge in [0.1, 0.15) is 19.3 Å². The number of esters is 4. The molecule has 0 rings (SSSR count). The van der Waals surface area contributed by atoms with Crippen molar-refractivity contribution in [3.63, 3.8) is 0 Å². The summed E-state index contributed by atoms with van der Waals surface area (Å²) in [5.74, 6) is -2.21.